The van der Waals surface area contributed by atoms with Gasteiger partial charge in [-0.05, 0) is 30.3 Å². The van der Waals surface area contributed by atoms with Crippen molar-refractivity contribution in [2.24, 2.45) is 0 Å². The first kappa shape index (κ1) is 14.1. The van der Waals surface area contributed by atoms with Crippen LogP contribution in [0.25, 0.3) is 33.5 Å². The van der Waals surface area contributed by atoms with Crippen molar-refractivity contribution in [1.82, 2.24) is 20.2 Å². The number of hydrogen-bond donors (Lipinski definition) is 2. The Balaban J connectivity index is 1.97. The molecule has 4 rings (SSSR count). The number of carboxylic acids is 1. The summed E-state index contributed by atoms with van der Waals surface area (Å²) >= 11 is 0. The van der Waals surface area contributed by atoms with E-state index in [1.807, 2.05) is 48.5 Å². The van der Waals surface area contributed by atoms with E-state index in [1.54, 1.807) is 6.20 Å². The Morgan fingerprint density at radius 1 is 0.958 bits per heavy atom. The molecule has 6 heteroatoms. The fraction of sp³-hybridized carbons (Fsp3) is 0. The van der Waals surface area contributed by atoms with E-state index < -0.39 is 5.97 Å². The molecular weight excluding hydrogens is 304 g/mol. The van der Waals surface area contributed by atoms with Gasteiger partial charge in [-0.2, -0.15) is 5.10 Å². The van der Waals surface area contributed by atoms with E-state index in [4.69, 9.17) is 5.11 Å². The number of nitrogens with zero attached hydrogens (tertiary/aromatic N) is 3. The third kappa shape index (κ3) is 2.40. The van der Waals surface area contributed by atoms with Gasteiger partial charge in [-0.3, -0.25) is 10.1 Å². The summed E-state index contributed by atoms with van der Waals surface area (Å²) in [7, 11) is 0. The lowest BCUT2D eigenvalue weighted by atomic mass is 10.0. The SMILES string of the molecule is O=C(O)c1cc(-c2cc(-c3ccccn3)nc3ccccc23)n[nH]1. The normalized spacial score (nSPS) is 10.8. The van der Waals surface area contributed by atoms with Crippen LogP contribution in [-0.4, -0.2) is 31.2 Å². The Morgan fingerprint density at radius 2 is 1.79 bits per heavy atom. The van der Waals surface area contributed by atoms with E-state index in [9.17, 15) is 4.79 Å². The van der Waals surface area contributed by atoms with E-state index in [-0.39, 0.29) is 5.69 Å². The maximum absolute atomic E-state index is 11.1. The zero-order valence-corrected chi connectivity index (χ0v) is 12.5. The van der Waals surface area contributed by atoms with Crippen molar-refractivity contribution in [3.05, 3.63) is 66.5 Å². The molecule has 2 N–H and O–H groups in total. The molecule has 0 fully saturated rings. The Morgan fingerprint density at radius 3 is 2.54 bits per heavy atom. The molecule has 1 aromatic carbocycles. The van der Waals surface area contributed by atoms with Crippen LogP contribution in [0.5, 0.6) is 0 Å². The van der Waals surface area contributed by atoms with Crippen molar-refractivity contribution < 1.29 is 9.90 Å². The number of benzene rings is 1. The fourth-order valence-corrected chi connectivity index (χ4v) is 2.60. The van der Waals surface area contributed by atoms with Crippen molar-refractivity contribution in [2.75, 3.05) is 0 Å². The summed E-state index contributed by atoms with van der Waals surface area (Å²) in [4.78, 5) is 20.1. The molecule has 24 heavy (non-hydrogen) atoms. The smallest absolute Gasteiger partial charge is 0.353 e. The van der Waals surface area contributed by atoms with Crippen LogP contribution in [-0.2, 0) is 0 Å². The number of rotatable bonds is 3. The monoisotopic (exact) mass is 316 g/mol. The number of pyridine rings is 2. The molecule has 0 aliphatic carbocycles. The minimum absolute atomic E-state index is 0.0466. The lowest BCUT2D eigenvalue weighted by molar-refractivity contribution is 0.0690. The van der Waals surface area contributed by atoms with Gasteiger partial charge in [0.1, 0.15) is 5.69 Å². The van der Waals surface area contributed by atoms with Crippen molar-refractivity contribution in [1.29, 1.82) is 0 Å². The summed E-state index contributed by atoms with van der Waals surface area (Å²) in [6.07, 6.45) is 1.71. The van der Waals surface area contributed by atoms with Crippen LogP contribution in [0.2, 0.25) is 0 Å². The Labute approximate surface area is 136 Å². The fourth-order valence-electron chi connectivity index (χ4n) is 2.60. The number of nitrogens with one attached hydrogen (secondary N) is 1. The number of hydrogen-bond acceptors (Lipinski definition) is 4. The predicted octanol–water partition coefficient (Wildman–Crippen LogP) is 3.39. The van der Waals surface area contributed by atoms with Crippen LogP contribution >= 0.6 is 0 Å². The van der Waals surface area contributed by atoms with E-state index in [2.05, 4.69) is 20.2 Å². The first-order chi connectivity index (χ1) is 11.7. The van der Waals surface area contributed by atoms with Gasteiger partial charge in [-0.25, -0.2) is 9.78 Å². The Bertz CT molecular complexity index is 1040. The summed E-state index contributed by atoms with van der Waals surface area (Å²) in [6, 6.07) is 16.7. The maximum atomic E-state index is 11.1. The highest BCUT2D eigenvalue weighted by molar-refractivity contribution is 5.96. The molecule has 0 atom stereocenters. The number of carboxylic acid groups (broad SMARTS) is 1. The zero-order chi connectivity index (χ0) is 16.5. The Kier molecular flexibility index (Phi) is 3.28. The summed E-state index contributed by atoms with van der Waals surface area (Å²) in [5, 5.41) is 16.7. The van der Waals surface area contributed by atoms with E-state index in [0.717, 1.165) is 22.2 Å². The van der Waals surface area contributed by atoms with E-state index >= 15 is 0 Å². The van der Waals surface area contributed by atoms with Gasteiger partial charge in [-0.1, -0.05) is 24.3 Å². The molecule has 0 bridgehead atoms. The molecule has 0 saturated carbocycles. The summed E-state index contributed by atoms with van der Waals surface area (Å²) in [5.74, 6) is -1.04. The molecule has 116 valence electrons. The minimum Gasteiger partial charge on any atom is -0.477 e. The largest absolute Gasteiger partial charge is 0.477 e. The number of aromatic nitrogens is 4. The molecule has 4 aromatic rings. The highest BCUT2D eigenvalue weighted by Crippen LogP contribution is 2.30. The number of carbonyl (C=O) groups is 1. The van der Waals surface area contributed by atoms with Gasteiger partial charge in [-0.15, -0.1) is 0 Å². The number of H-pyrrole nitrogens is 1. The third-order valence-corrected chi connectivity index (χ3v) is 3.73. The highest BCUT2D eigenvalue weighted by atomic mass is 16.4. The van der Waals surface area contributed by atoms with Gasteiger partial charge in [0.2, 0.25) is 0 Å². The second-order valence-corrected chi connectivity index (χ2v) is 5.26. The van der Waals surface area contributed by atoms with Gasteiger partial charge in [0, 0.05) is 17.1 Å². The number of fused-ring (bicyclic) bond motifs is 1. The number of aromatic carboxylic acids is 1. The van der Waals surface area contributed by atoms with Crippen molar-refractivity contribution >= 4 is 16.9 Å². The van der Waals surface area contributed by atoms with Crippen molar-refractivity contribution in [3.8, 4) is 22.6 Å². The van der Waals surface area contributed by atoms with Gasteiger partial charge in [0.15, 0.2) is 0 Å². The minimum atomic E-state index is -1.04. The standard InChI is InChI=1S/C18H12N4O2/c23-18(24)17-10-15(21-22-17)12-9-16(14-7-3-4-8-19-14)20-13-6-2-1-5-11(12)13/h1-10H,(H,21,22)(H,23,24). The molecule has 6 nitrogen and oxygen atoms in total. The zero-order valence-electron chi connectivity index (χ0n) is 12.5. The molecule has 3 heterocycles. The van der Waals surface area contributed by atoms with Crippen LogP contribution in [0.4, 0.5) is 0 Å². The van der Waals surface area contributed by atoms with E-state index in [1.165, 1.54) is 6.07 Å². The number of para-hydroxylation sites is 1. The lowest BCUT2D eigenvalue weighted by Gasteiger charge is -2.07. The van der Waals surface area contributed by atoms with Gasteiger partial charge < -0.3 is 5.11 Å². The van der Waals surface area contributed by atoms with Gasteiger partial charge in [0.25, 0.3) is 0 Å². The van der Waals surface area contributed by atoms with Gasteiger partial charge in [0.05, 0.1) is 22.6 Å². The molecule has 0 spiro atoms. The molecular formula is C18H12N4O2. The molecule has 0 radical (unpaired) electrons. The van der Waals surface area contributed by atoms with Crippen molar-refractivity contribution in [3.63, 3.8) is 0 Å². The third-order valence-electron chi connectivity index (χ3n) is 3.73. The second kappa shape index (κ2) is 5.58. The topological polar surface area (TPSA) is 91.8 Å². The molecule has 0 unspecified atom stereocenters. The predicted molar refractivity (Wildman–Crippen MR) is 89.5 cm³/mol. The molecule has 0 amide bonds. The first-order valence-electron chi connectivity index (χ1n) is 7.32. The summed E-state index contributed by atoms with van der Waals surface area (Å²) < 4.78 is 0. The first-order valence-corrected chi connectivity index (χ1v) is 7.32. The molecule has 3 aromatic heterocycles. The van der Waals surface area contributed by atoms with Gasteiger partial charge >= 0.3 is 5.97 Å². The molecule has 0 aliphatic rings. The van der Waals surface area contributed by atoms with Crippen LogP contribution in [0.15, 0.2) is 60.8 Å². The molecule has 0 aliphatic heterocycles. The van der Waals surface area contributed by atoms with Crippen LogP contribution in [0.1, 0.15) is 10.5 Å². The summed E-state index contributed by atoms with van der Waals surface area (Å²) in [5.41, 5.74) is 3.68. The second-order valence-electron chi connectivity index (χ2n) is 5.26. The quantitative estimate of drug-likeness (QED) is 0.604. The van der Waals surface area contributed by atoms with Crippen LogP contribution in [0, 0.1) is 0 Å². The van der Waals surface area contributed by atoms with E-state index in [0.29, 0.717) is 11.4 Å². The maximum Gasteiger partial charge on any atom is 0.353 e. The number of aromatic amines is 1. The Hall–Kier alpha value is -3.54. The summed E-state index contributed by atoms with van der Waals surface area (Å²) in [6.45, 7) is 0. The highest BCUT2D eigenvalue weighted by Gasteiger charge is 2.14. The average Bonchev–Trinajstić information content (AvgIpc) is 3.12. The molecule has 0 saturated heterocycles. The van der Waals surface area contributed by atoms with Crippen LogP contribution < -0.4 is 0 Å². The van der Waals surface area contributed by atoms with Crippen molar-refractivity contribution in [2.45, 2.75) is 0 Å². The lowest BCUT2D eigenvalue weighted by Crippen LogP contribution is -1.95. The average molecular weight is 316 g/mol. The van der Waals surface area contributed by atoms with Crippen LogP contribution in [0.3, 0.4) is 0 Å².